The minimum Gasteiger partial charge on any atom is -0.449 e. The van der Waals surface area contributed by atoms with Crippen molar-refractivity contribution in [2.45, 2.75) is 44.8 Å². The zero-order valence-corrected chi connectivity index (χ0v) is 13.7. The molecule has 7 heteroatoms. The number of halogens is 2. The van der Waals surface area contributed by atoms with E-state index in [9.17, 15) is 9.59 Å². The number of amides is 1. The Hall–Kier alpha value is -1.46. The van der Waals surface area contributed by atoms with Gasteiger partial charge in [0.05, 0.1) is 16.3 Å². The normalized spacial score (nSPS) is 16.3. The molecule has 2 rings (SSSR count). The molecule has 0 saturated heterocycles. The highest BCUT2D eigenvalue weighted by Crippen LogP contribution is 2.28. The van der Waals surface area contributed by atoms with Crippen molar-refractivity contribution in [2.75, 3.05) is 5.73 Å². The molecular formula is C15H18Cl2N2O3. The van der Waals surface area contributed by atoms with E-state index >= 15 is 0 Å². The van der Waals surface area contributed by atoms with Crippen molar-refractivity contribution >= 4 is 40.8 Å². The SMILES string of the molecule is C[C@H](OC(=O)c1cc(Cl)cc(Cl)c1N)C(=O)NC1CCCC1. The van der Waals surface area contributed by atoms with Crippen LogP contribution in [-0.4, -0.2) is 24.0 Å². The highest BCUT2D eigenvalue weighted by atomic mass is 35.5. The first kappa shape index (κ1) is 16.9. The molecule has 0 bridgehead atoms. The fourth-order valence-electron chi connectivity index (χ4n) is 2.42. The maximum absolute atomic E-state index is 12.1. The molecule has 1 amide bonds. The largest absolute Gasteiger partial charge is 0.449 e. The van der Waals surface area contributed by atoms with Crippen LogP contribution in [0.2, 0.25) is 10.0 Å². The van der Waals surface area contributed by atoms with Gasteiger partial charge in [0, 0.05) is 11.1 Å². The van der Waals surface area contributed by atoms with Crippen LogP contribution < -0.4 is 11.1 Å². The average molecular weight is 345 g/mol. The molecule has 0 radical (unpaired) electrons. The van der Waals surface area contributed by atoms with E-state index in [0.717, 1.165) is 25.7 Å². The first-order valence-electron chi connectivity index (χ1n) is 7.14. The Bertz CT molecular complexity index is 586. The van der Waals surface area contributed by atoms with Crippen LogP contribution in [0.25, 0.3) is 0 Å². The molecule has 1 fully saturated rings. The van der Waals surface area contributed by atoms with E-state index in [-0.39, 0.29) is 33.2 Å². The molecule has 1 aromatic rings. The topological polar surface area (TPSA) is 81.4 Å². The number of rotatable bonds is 4. The Morgan fingerprint density at radius 2 is 1.95 bits per heavy atom. The van der Waals surface area contributed by atoms with E-state index < -0.39 is 12.1 Å². The molecule has 1 atom stereocenters. The summed E-state index contributed by atoms with van der Waals surface area (Å²) >= 11 is 11.7. The van der Waals surface area contributed by atoms with Gasteiger partial charge in [0.2, 0.25) is 0 Å². The number of carbonyl (C=O) groups excluding carboxylic acids is 2. The maximum Gasteiger partial charge on any atom is 0.341 e. The fourth-order valence-corrected chi connectivity index (χ4v) is 2.91. The van der Waals surface area contributed by atoms with Crippen LogP contribution in [0.5, 0.6) is 0 Å². The number of nitrogens with one attached hydrogen (secondary N) is 1. The van der Waals surface area contributed by atoms with Crippen molar-refractivity contribution in [2.24, 2.45) is 0 Å². The molecule has 0 aromatic heterocycles. The van der Waals surface area contributed by atoms with E-state index in [1.807, 2.05) is 0 Å². The quantitative estimate of drug-likeness (QED) is 0.649. The summed E-state index contributed by atoms with van der Waals surface area (Å²) in [6, 6.07) is 2.97. The minimum atomic E-state index is -0.912. The van der Waals surface area contributed by atoms with E-state index in [2.05, 4.69) is 5.32 Å². The lowest BCUT2D eigenvalue weighted by atomic mass is 10.2. The molecule has 1 aliphatic carbocycles. The summed E-state index contributed by atoms with van der Waals surface area (Å²) in [5.41, 5.74) is 5.88. The van der Waals surface area contributed by atoms with Gasteiger partial charge in [-0.25, -0.2) is 4.79 Å². The number of benzene rings is 1. The number of hydrogen-bond acceptors (Lipinski definition) is 4. The molecule has 22 heavy (non-hydrogen) atoms. The summed E-state index contributed by atoms with van der Waals surface area (Å²) in [5, 5.41) is 3.31. The van der Waals surface area contributed by atoms with Crippen LogP contribution in [0.3, 0.4) is 0 Å². The van der Waals surface area contributed by atoms with E-state index in [4.69, 9.17) is 33.7 Å². The Labute approximate surface area is 139 Å². The van der Waals surface area contributed by atoms with Crippen LogP contribution in [0.15, 0.2) is 12.1 Å². The van der Waals surface area contributed by atoms with Gasteiger partial charge in [-0.2, -0.15) is 0 Å². The van der Waals surface area contributed by atoms with Gasteiger partial charge >= 0.3 is 5.97 Å². The van der Waals surface area contributed by atoms with Gasteiger partial charge in [0.25, 0.3) is 5.91 Å². The summed E-state index contributed by atoms with van der Waals surface area (Å²) in [6.07, 6.45) is 3.23. The third-order valence-electron chi connectivity index (χ3n) is 3.67. The number of carbonyl (C=O) groups is 2. The van der Waals surface area contributed by atoms with Crippen molar-refractivity contribution in [3.8, 4) is 0 Å². The lowest BCUT2D eigenvalue weighted by molar-refractivity contribution is -0.129. The zero-order chi connectivity index (χ0) is 16.3. The van der Waals surface area contributed by atoms with Crippen LogP contribution in [-0.2, 0) is 9.53 Å². The summed E-state index contributed by atoms with van der Waals surface area (Å²) in [6.45, 7) is 1.52. The van der Waals surface area contributed by atoms with Crippen molar-refractivity contribution < 1.29 is 14.3 Å². The third-order valence-corrected chi connectivity index (χ3v) is 4.20. The Morgan fingerprint density at radius 1 is 1.32 bits per heavy atom. The third kappa shape index (κ3) is 4.05. The lowest BCUT2D eigenvalue weighted by Crippen LogP contribution is -2.40. The molecule has 0 heterocycles. The number of anilines is 1. The smallest absolute Gasteiger partial charge is 0.341 e. The summed E-state index contributed by atoms with van der Waals surface area (Å²) in [7, 11) is 0. The molecule has 5 nitrogen and oxygen atoms in total. The van der Waals surface area contributed by atoms with Crippen molar-refractivity contribution in [3.05, 3.63) is 27.7 Å². The zero-order valence-electron chi connectivity index (χ0n) is 12.2. The molecular weight excluding hydrogens is 327 g/mol. The van der Waals surface area contributed by atoms with Crippen LogP contribution in [0, 0.1) is 0 Å². The molecule has 0 aliphatic heterocycles. The Morgan fingerprint density at radius 3 is 2.59 bits per heavy atom. The second-order valence-electron chi connectivity index (χ2n) is 5.39. The molecule has 120 valence electrons. The van der Waals surface area contributed by atoms with Gasteiger partial charge in [-0.05, 0) is 31.9 Å². The molecule has 1 aromatic carbocycles. The predicted molar refractivity (Wildman–Crippen MR) is 86.2 cm³/mol. The van der Waals surface area contributed by atoms with Crippen molar-refractivity contribution in [1.29, 1.82) is 0 Å². The summed E-state index contributed by atoms with van der Waals surface area (Å²) < 4.78 is 5.15. The molecule has 1 saturated carbocycles. The van der Waals surface area contributed by atoms with Gasteiger partial charge in [-0.3, -0.25) is 4.79 Å². The van der Waals surface area contributed by atoms with Gasteiger partial charge < -0.3 is 15.8 Å². The second-order valence-corrected chi connectivity index (χ2v) is 6.23. The fraction of sp³-hybridized carbons (Fsp3) is 0.467. The number of esters is 1. The Kier molecular flexibility index (Phi) is 5.53. The van der Waals surface area contributed by atoms with Gasteiger partial charge in [-0.1, -0.05) is 36.0 Å². The number of nitrogens with two attached hydrogens (primary N) is 1. The van der Waals surface area contributed by atoms with Crippen molar-refractivity contribution in [1.82, 2.24) is 5.32 Å². The monoisotopic (exact) mass is 344 g/mol. The first-order valence-corrected chi connectivity index (χ1v) is 7.90. The van der Waals surface area contributed by atoms with E-state index in [0.29, 0.717) is 0 Å². The Balaban J connectivity index is 2.00. The highest BCUT2D eigenvalue weighted by Gasteiger charge is 2.24. The molecule has 3 N–H and O–H groups in total. The van der Waals surface area contributed by atoms with Gasteiger partial charge in [0.1, 0.15) is 0 Å². The minimum absolute atomic E-state index is 0.0537. The van der Waals surface area contributed by atoms with E-state index in [1.165, 1.54) is 19.1 Å². The maximum atomic E-state index is 12.1. The van der Waals surface area contributed by atoms with Gasteiger partial charge in [0.15, 0.2) is 6.10 Å². The lowest BCUT2D eigenvalue weighted by Gasteiger charge is -2.17. The highest BCUT2D eigenvalue weighted by molar-refractivity contribution is 6.37. The van der Waals surface area contributed by atoms with Gasteiger partial charge in [-0.15, -0.1) is 0 Å². The van der Waals surface area contributed by atoms with Crippen LogP contribution >= 0.6 is 23.2 Å². The second kappa shape index (κ2) is 7.20. The summed E-state index contributed by atoms with van der Waals surface area (Å²) in [5.74, 6) is -1.04. The van der Waals surface area contributed by atoms with Crippen molar-refractivity contribution in [3.63, 3.8) is 0 Å². The standard InChI is InChI=1S/C15H18Cl2N2O3/c1-8(14(20)19-10-4-2-3-5-10)22-15(21)11-6-9(16)7-12(17)13(11)18/h6-8,10H,2-5,18H2,1H3,(H,19,20)/t8-/m0/s1. The number of hydrogen-bond donors (Lipinski definition) is 2. The van der Waals surface area contributed by atoms with E-state index in [1.54, 1.807) is 0 Å². The first-order chi connectivity index (χ1) is 10.4. The molecule has 0 spiro atoms. The van der Waals surface area contributed by atoms with Crippen LogP contribution in [0.4, 0.5) is 5.69 Å². The molecule has 1 aliphatic rings. The summed E-state index contributed by atoms with van der Waals surface area (Å²) in [4.78, 5) is 24.1. The average Bonchev–Trinajstić information content (AvgIpc) is 2.95. The number of ether oxygens (including phenoxy) is 1. The number of nitrogen functional groups attached to an aromatic ring is 1. The van der Waals surface area contributed by atoms with Crippen LogP contribution in [0.1, 0.15) is 43.0 Å². The predicted octanol–water partition coefficient (Wildman–Crippen LogP) is 3.18. The molecule has 0 unspecified atom stereocenters.